The second-order valence-electron chi connectivity index (χ2n) is 5.72. The average molecular weight is 272 g/mol. The smallest absolute Gasteiger partial charge is 0.229 e. The predicted octanol–water partition coefficient (Wildman–Crippen LogP) is 2.99. The number of aliphatic hydroxyl groups excluding tert-OH is 1. The van der Waals surface area contributed by atoms with E-state index in [0.717, 1.165) is 37.4 Å². The standard InChI is InChI=1S/C16H20N2O2/c1-11-2-4-12(5-3-11)10-15-17-16(20-18-15)13-6-8-14(19)9-7-13/h2-5,13-14,19H,6-10H2,1H3. The number of benzene rings is 1. The second kappa shape index (κ2) is 5.75. The van der Waals surface area contributed by atoms with Crippen LogP contribution in [0.1, 0.15) is 54.4 Å². The third kappa shape index (κ3) is 3.07. The molecule has 0 saturated heterocycles. The molecule has 0 radical (unpaired) electrons. The molecular weight excluding hydrogens is 252 g/mol. The van der Waals surface area contributed by atoms with Crippen molar-refractivity contribution in [1.29, 1.82) is 0 Å². The molecule has 106 valence electrons. The van der Waals surface area contributed by atoms with Crippen LogP contribution in [0.25, 0.3) is 0 Å². The summed E-state index contributed by atoms with van der Waals surface area (Å²) in [5, 5.41) is 13.6. The fourth-order valence-corrected chi connectivity index (χ4v) is 2.72. The SMILES string of the molecule is Cc1ccc(Cc2noc(C3CCC(O)CC3)n2)cc1. The summed E-state index contributed by atoms with van der Waals surface area (Å²) in [4.78, 5) is 4.52. The first-order valence-electron chi connectivity index (χ1n) is 7.27. The van der Waals surface area contributed by atoms with Crippen LogP contribution in [0.15, 0.2) is 28.8 Å². The number of nitrogens with zero attached hydrogens (tertiary/aromatic N) is 2. The van der Waals surface area contributed by atoms with Crippen molar-refractivity contribution < 1.29 is 9.63 Å². The van der Waals surface area contributed by atoms with E-state index in [1.54, 1.807) is 0 Å². The minimum atomic E-state index is -0.152. The maximum Gasteiger partial charge on any atom is 0.229 e. The third-order valence-corrected chi connectivity index (χ3v) is 4.01. The topological polar surface area (TPSA) is 59.2 Å². The van der Waals surface area contributed by atoms with Crippen molar-refractivity contribution in [2.45, 2.75) is 51.0 Å². The van der Waals surface area contributed by atoms with E-state index in [1.807, 2.05) is 0 Å². The molecule has 0 amide bonds. The Balaban J connectivity index is 1.66. The molecular formula is C16H20N2O2. The van der Waals surface area contributed by atoms with Gasteiger partial charge in [-0.3, -0.25) is 0 Å². The van der Waals surface area contributed by atoms with Crippen molar-refractivity contribution in [3.8, 4) is 0 Å². The van der Waals surface area contributed by atoms with Gasteiger partial charge in [0.15, 0.2) is 5.82 Å². The molecule has 0 spiro atoms. The molecule has 4 nitrogen and oxygen atoms in total. The third-order valence-electron chi connectivity index (χ3n) is 4.01. The van der Waals surface area contributed by atoms with Gasteiger partial charge in [0.2, 0.25) is 5.89 Å². The summed E-state index contributed by atoms with van der Waals surface area (Å²) in [5.41, 5.74) is 2.45. The Kier molecular flexibility index (Phi) is 3.83. The van der Waals surface area contributed by atoms with Crippen molar-refractivity contribution in [1.82, 2.24) is 10.1 Å². The molecule has 3 rings (SSSR count). The molecule has 1 fully saturated rings. The molecule has 1 aromatic heterocycles. The molecule has 4 heteroatoms. The van der Waals surface area contributed by atoms with Gasteiger partial charge in [-0.15, -0.1) is 0 Å². The summed E-state index contributed by atoms with van der Waals surface area (Å²) >= 11 is 0. The summed E-state index contributed by atoms with van der Waals surface area (Å²) in [6.45, 7) is 2.08. The zero-order valence-electron chi connectivity index (χ0n) is 11.7. The van der Waals surface area contributed by atoms with E-state index in [2.05, 4.69) is 41.3 Å². The first-order valence-corrected chi connectivity index (χ1v) is 7.27. The summed E-state index contributed by atoms with van der Waals surface area (Å²) in [5.74, 6) is 1.80. The highest BCUT2D eigenvalue weighted by Crippen LogP contribution is 2.31. The van der Waals surface area contributed by atoms with Crippen LogP contribution < -0.4 is 0 Å². The molecule has 0 atom stereocenters. The van der Waals surface area contributed by atoms with Gasteiger partial charge in [0.1, 0.15) is 0 Å². The fourth-order valence-electron chi connectivity index (χ4n) is 2.72. The largest absolute Gasteiger partial charge is 0.393 e. The molecule has 1 saturated carbocycles. The van der Waals surface area contributed by atoms with Gasteiger partial charge in [-0.25, -0.2) is 0 Å². The highest BCUT2D eigenvalue weighted by molar-refractivity contribution is 5.23. The van der Waals surface area contributed by atoms with Crippen LogP contribution in [0, 0.1) is 6.92 Å². The maximum atomic E-state index is 9.53. The van der Waals surface area contributed by atoms with Gasteiger partial charge in [-0.05, 0) is 38.2 Å². The molecule has 1 heterocycles. The van der Waals surface area contributed by atoms with Crippen LogP contribution in [0.4, 0.5) is 0 Å². The molecule has 2 aromatic rings. The van der Waals surface area contributed by atoms with Gasteiger partial charge in [0.05, 0.1) is 6.10 Å². The number of aryl methyl sites for hydroxylation is 1. The van der Waals surface area contributed by atoms with E-state index in [9.17, 15) is 5.11 Å². The Morgan fingerprint density at radius 1 is 1.15 bits per heavy atom. The average Bonchev–Trinajstić information content (AvgIpc) is 2.91. The number of rotatable bonds is 3. The van der Waals surface area contributed by atoms with Crippen molar-refractivity contribution in [3.05, 3.63) is 47.1 Å². The summed E-state index contributed by atoms with van der Waals surface area (Å²) in [7, 11) is 0. The Hall–Kier alpha value is -1.68. The lowest BCUT2D eigenvalue weighted by molar-refractivity contribution is 0.116. The highest BCUT2D eigenvalue weighted by Gasteiger charge is 2.25. The van der Waals surface area contributed by atoms with E-state index < -0.39 is 0 Å². The minimum absolute atomic E-state index is 0.152. The molecule has 1 aliphatic rings. The van der Waals surface area contributed by atoms with Gasteiger partial charge in [-0.1, -0.05) is 35.0 Å². The van der Waals surface area contributed by atoms with Crippen LogP contribution >= 0.6 is 0 Å². The zero-order valence-corrected chi connectivity index (χ0v) is 11.7. The lowest BCUT2D eigenvalue weighted by atomic mass is 9.87. The Labute approximate surface area is 118 Å². The monoisotopic (exact) mass is 272 g/mol. The summed E-state index contributed by atoms with van der Waals surface area (Å²) in [6.07, 6.45) is 4.10. The van der Waals surface area contributed by atoms with Gasteiger partial charge >= 0.3 is 0 Å². The Bertz CT molecular complexity index is 554. The van der Waals surface area contributed by atoms with Crippen LogP contribution in [0.5, 0.6) is 0 Å². The Morgan fingerprint density at radius 3 is 2.55 bits per heavy atom. The Morgan fingerprint density at radius 2 is 1.85 bits per heavy atom. The van der Waals surface area contributed by atoms with Crippen molar-refractivity contribution in [2.24, 2.45) is 0 Å². The van der Waals surface area contributed by atoms with Crippen LogP contribution in [-0.2, 0) is 6.42 Å². The lowest BCUT2D eigenvalue weighted by Gasteiger charge is -2.22. The van der Waals surface area contributed by atoms with Crippen molar-refractivity contribution in [2.75, 3.05) is 0 Å². The van der Waals surface area contributed by atoms with Gasteiger partial charge < -0.3 is 9.63 Å². The maximum absolute atomic E-state index is 9.53. The van der Waals surface area contributed by atoms with E-state index in [0.29, 0.717) is 12.3 Å². The molecule has 1 aliphatic carbocycles. The van der Waals surface area contributed by atoms with Crippen LogP contribution in [0.2, 0.25) is 0 Å². The normalized spacial score (nSPS) is 22.9. The highest BCUT2D eigenvalue weighted by atomic mass is 16.5. The predicted molar refractivity (Wildman–Crippen MR) is 75.5 cm³/mol. The number of aliphatic hydroxyl groups is 1. The first kappa shape index (κ1) is 13.3. The van der Waals surface area contributed by atoms with Crippen LogP contribution in [0.3, 0.4) is 0 Å². The van der Waals surface area contributed by atoms with Crippen molar-refractivity contribution in [3.63, 3.8) is 0 Å². The van der Waals surface area contributed by atoms with Crippen molar-refractivity contribution >= 4 is 0 Å². The first-order chi connectivity index (χ1) is 9.70. The molecule has 0 unspecified atom stereocenters. The zero-order chi connectivity index (χ0) is 13.9. The quantitative estimate of drug-likeness (QED) is 0.933. The molecule has 1 N–H and O–H groups in total. The summed E-state index contributed by atoms with van der Waals surface area (Å²) in [6, 6.07) is 8.39. The van der Waals surface area contributed by atoms with Gasteiger partial charge in [-0.2, -0.15) is 4.98 Å². The minimum Gasteiger partial charge on any atom is -0.393 e. The van der Waals surface area contributed by atoms with E-state index in [1.165, 1.54) is 11.1 Å². The van der Waals surface area contributed by atoms with Crippen LogP contribution in [-0.4, -0.2) is 21.4 Å². The fraction of sp³-hybridized carbons (Fsp3) is 0.500. The summed E-state index contributed by atoms with van der Waals surface area (Å²) < 4.78 is 5.39. The van der Waals surface area contributed by atoms with Gasteiger partial charge in [0, 0.05) is 12.3 Å². The molecule has 0 aliphatic heterocycles. The van der Waals surface area contributed by atoms with E-state index in [4.69, 9.17) is 4.52 Å². The number of hydrogen-bond donors (Lipinski definition) is 1. The van der Waals surface area contributed by atoms with E-state index in [-0.39, 0.29) is 6.10 Å². The molecule has 0 bridgehead atoms. The number of hydrogen-bond acceptors (Lipinski definition) is 4. The molecule has 20 heavy (non-hydrogen) atoms. The number of aromatic nitrogens is 2. The lowest BCUT2D eigenvalue weighted by Crippen LogP contribution is -2.17. The molecule has 1 aromatic carbocycles. The second-order valence-corrected chi connectivity index (χ2v) is 5.72. The van der Waals surface area contributed by atoms with Gasteiger partial charge in [0.25, 0.3) is 0 Å². The van der Waals surface area contributed by atoms with E-state index >= 15 is 0 Å².